The lowest BCUT2D eigenvalue weighted by Crippen LogP contribution is -2.54. The molecule has 20 heavy (non-hydrogen) atoms. The topological polar surface area (TPSA) is 65.0 Å². The Morgan fingerprint density at radius 3 is 2.00 bits per heavy atom. The largest absolute Gasteiger partial charge is 0.300 e. The Hall–Kier alpha value is -0.240. The molecule has 0 aromatic heterocycles. The van der Waals surface area contributed by atoms with Crippen molar-refractivity contribution in [2.75, 3.05) is 58.9 Å². The van der Waals surface area contributed by atoms with Gasteiger partial charge in [-0.25, -0.2) is 10.0 Å². The zero-order chi connectivity index (χ0) is 13.9. The van der Waals surface area contributed by atoms with E-state index in [-0.39, 0.29) is 0 Å². The summed E-state index contributed by atoms with van der Waals surface area (Å²) < 4.78 is 0. The van der Waals surface area contributed by atoms with Gasteiger partial charge in [-0.2, -0.15) is 0 Å². The highest BCUT2D eigenvalue weighted by Crippen LogP contribution is 2.19. The second-order valence-electron chi connectivity index (χ2n) is 6.75. The summed E-state index contributed by atoms with van der Waals surface area (Å²) in [6, 6.07) is 0.767. The Bertz CT molecular complexity index is 296. The highest BCUT2D eigenvalue weighted by Gasteiger charge is 2.28. The van der Waals surface area contributed by atoms with Crippen LogP contribution in [0.2, 0.25) is 0 Å². The van der Waals surface area contributed by atoms with Gasteiger partial charge in [-0.15, -0.1) is 0 Å². The molecular weight excluding hydrogens is 252 g/mol. The molecule has 0 bridgehead atoms. The van der Waals surface area contributed by atoms with Crippen molar-refractivity contribution >= 4 is 0 Å². The molecule has 4 N–H and O–H groups in total. The Kier molecular flexibility index (Phi) is 4.91. The van der Waals surface area contributed by atoms with Crippen molar-refractivity contribution in [1.29, 1.82) is 0 Å². The minimum Gasteiger partial charge on any atom is -0.300 e. The molecule has 0 aromatic carbocycles. The third kappa shape index (κ3) is 3.69. The molecule has 6 heteroatoms. The van der Waals surface area contributed by atoms with Crippen LogP contribution in [0.3, 0.4) is 0 Å². The third-order valence-electron chi connectivity index (χ3n) is 5.26. The Labute approximate surface area is 122 Å². The van der Waals surface area contributed by atoms with E-state index < -0.39 is 0 Å². The zero-order valence-electron chi connectivity index (χ0n) is 12.6. The third-order valence-corrected chi connectivity index (χ3v) is 5.26. The van der Waals surface area contributed by atoms with Crippen LogP contribution in [-0.2, 0) is 0 Å². The molecule has 0 aliphatic carbocycles. The summed E-state index contributed by atoms with van der Waals surface area (Å²) in [5.74, 6) is 12.5. The van der Waals surface area contributed by atoms with Gasteiger partial charge >= 0.3 is 0 Å². The smallest absolute Gasteiger partial charge is 0.0169 e. The van der Waals surface area contributed by atoms with Crippen LogP contribution in [0, 0.1) is 5.92 Å². The molecule has 0 unspecified atom stereocenters. The SMILES string of the molecule is NN1CCC(N2CCN(C[C@H]3CCN(N)C3)CC2)CC1. The van der Waals surface area contributed by atoms with Crippen LogP contribution in [0.1, 0.15) is 19.3 Å². The van der Waals surface area contributed by atoms with Gasteiger partial charge in [0.2, 0.25) is 0 Å². The quantitative estimate of drug-likeness (QED) is 0.657. The Morgan fingerprint density at radius 2 is 1.40 bits per heavy atom. The number of piperidine rings is 1. The summed E-state index contributed by atoms with van der Waals surface area (Å²) in [6.07, 6.45) is 3.74. The molecule has 0 saturated carbocycles. The van der Waals surface area contributed by atoms with E-state index in [1.807, 2.05) is 10.0 Å². The molecule has 0 aromatic rings. The number of hydrazine groups is 2. The van der Waals surface area contributed by atoms with Gasteiger partial charge in [-0.1, -0.05) is 0 Å². The van der Waals surface area contributed by atoms with Gasteiger partial charge in [-0.05, 0) is 25.2 Å². The molecule has 3 heterocycles. The number of hydrogen-bond donors (Lipinski definition) is 2. The fraction of sp³-hybridized carbons (Fsp3) is 1.00. The van der Waals surface area contributed by atoms with Gasteiger partial charge in [0, 0.05) is 64.9 Å². The number of piperazine rings is 1. The summed E-state index contributed by atoms with van der Waals surface area (Å²) in [6.45, 7) is 10.4. The maximum absolute atomic E-state index is 5.85. The first-order valence-corrected chi connectivity index (χ1v) is 8.16. The summed E-state index contributed by atoms with van der Waals surface area (Å²) in [5, 5.41) is 3.94. The van der Waals surface area contributed by atoms with Crippen LogP contribution in [0.5, 0.6) is 0 Å². The molecule has 0 radical (unpaired) electrons. The molecule has 3 rings (SSSR count). The standard InChI is InChI=1S/C14H30N6/c15-19-5-2-14(3-6-19)18-9-7-17(8-10-18)11-13-1-4-20(16)12-13/h13-14H,1-12,15-16H2/t13-/m1/s1. The number of hydrogen-bond acceptors (Lipinski definition) is 6. The Morgan fingerprint density at radius 1 is 0.750 bits per heavy atom. The van der Waals surface area contributed by atoms with Crippen molar-refractivity contribution in [3.05, 3.63) is 0 Å². The van der Waals surface area contributed by atoms with Crippen molar-refractivity contribution in [2.24, 2.45) is 17.6 Å². The van der Waals surface area contributed by atoms with Crippen molar-refractivity contribution in [3.8, 4) is 0 Å². The molecule has 3 saturated heterocycles. The second-order valence-corrected chi connectivity index (χ2v) is 6.75. The first kappa shape index (κ1) is 14.7. The fourth-order valence-electron chi connectivity index (χ4n) is 3.94. The minimum absolute atomic E-state index is 0.767. The van der Waals surface area contributed by atoms with Gasteiger partial charge in [0.15, 0.2) is 0 Å². The molecule has 116 valence electrons. The molecule has 3 aliphatic heterocycles. The van der Waals surface area contributed by atoms with E-state index in [0.717, 1.165) is 38.1 Å². The molecule has 1 atom stereocenters. The maximum Gasteiger partial charge on any atom is 0.0169 e. The molecule has 0 spiro atoms. The van der Waals surface area contributed by atoms with Crippen LogP contribution in [0.25, 0.3) is 0 Å². The van der Waals surface area contributed by atoms with Crippen molar-refractivity contribution < 1.29 is 0 Å². The van der Waals surface area contributed by atoms with Crippen molar-refractivity contribution in [3.63, 3.8) is 0 Å². The van der Waals surface area contributed by atoms with E-state index in [2.05, 4.69) is 9.80 Å². The van der Waals surface area contributed by atoms with Gasteiger partial charge < -0.3 is 4.90 Å². The van der Waals surface area contributed by atoms with Crippen LogP contribution in [0.4, 0.5) is 0 Å². The molecule has 0 amide bonds. The van der Waals surface area contributed by atoms with Crippen molar-refractivity contribution in [2.45, 2.75) is 25.3 Å². The van der Waals surface area contributed by atoms with Crippen LogP contribution >= 0.6 is 0 Å². The average Bonchev–Trinajstić information content (AvgIpc) is 2.86. The second kappa shape index (κ2) is 6.68. The number of nitrogens with zero attached hydrogens (tertiary/aromatic N) is 4. The maximum atomic E-state index is 5.85. The molecule has 3 aliphatic rings. The Balaban J connectivity index is 1.38. The minimum atomic E-state index is 0.767. The van der Waals surface area contributed by atoms with E-state index in [1.54, 1.807) is 0 Å². The summed E-state index contributed by atoms with van der Waals surface area (Å²) in [7, 11) is 0. The average molecular weight is 282 g/mol. The van der Waals surface area contributed by atoms with Gasteiger partial charge in [0.1, 0.15) is 0 Å². The summed E-state index contributed by atoms with van der Waals surface area (Å²) >= 11 is 0. The predicted molar refractivity (Wildman–Crippen MR) is 80.7 cm³/mol. The van der Waals surface area contributed by atoms with E-state index in [9.17, 15) is 0 Å². The molecule has 3 fully saturated rings. The summed E-state index contributed by atoms with van der Waals surface area (Å²) in [4.78, 5) is 5.33. The van der Waals surface area contributed by atoms with Gasteiger partial charge in [0.25, 0.3) is 0 Å². The van der Waals surface area contributed by atoms with E-state index in [4.69, 9.17) is 11.7 Å². The fourth-order valence-corrected chi connectivity index (χ4v) is 3.94. The van der Waals surface area contributed by atoms with Crippen LogP contribution in [0.15, 0.2) is 0 Å². The number of rotatable bonds is 3. The number of nitrogens with two attached hydrogens (primary N) is 2. The predicted octanol–water partition coefficient (Wildman–Crippen LogP) is -0.862. The van der Waals surface area contributed by atoms with Gasteiger partial charge in [0.05, 0.1) is 0 Å². The highest BCUT2D eigenvalue weighted by atomic mass is 15.4. The van der Waals surface area contributed by atoms with Crippen molar-refractivity contribution in [1.82, 2.24) is 19.8 Å². The lowest BCUT2D eigenvalue weighted by atomic mass is 10.0. The van der Waals surface area contributed by atoms with Crippen LogP contribution < -0.4 is 11.7 Å². The van der Waals surface area contributed by atoms with E-state index >= 15 is 0 Å². The first-order valence-electron chi connectivity index (χ1n) is 8.16. The zero-order valence-corrected chi connectivity index (χ0v) is 12.6. The summed E-state index contributed by atoms with van der Waals surface area (Å²) in [5.41, 5.74) is 0. The molecular formula is C14H30N6. The normalized spacial score (nSPS) is 33.0. The molecule has 6 nitrogen and oxygen atoms in total. The van der Waals surface area contributed by atoms with Crippen LogP contribution in [-0.4, -0.2) is 84.8 Å². The van der Waals surface area contributed by atoms with Gasteiger partial charge in [-0.3, -0.25) is 16.6 Å². The van der Waals surface area contributed by atoms with E-state index in [0.29, 0.717) is 0 Å². The lowest BCUT2D eigenvalue weighted by molar-refractivity contribution is 0.0540. The van der Waals surface area contributed by atoms with E-state index in [1.165, 1.54) is 52.0 Å². The lowest BCUT2D eigenvalue weighted by Gasteiger charge is -2.42. The first-order chi connectivity index (χ1) is 9.70. The monoisotopic (exact) mass is 282 g/mol. The highest BCUT2D eigenvalue weighted by molar-refractivity contribution is 4.84.